The molecule has 1 saturated heterocycles. The Bertz CT molecular complexity index is 799. The number of carbonyl (C=O) groups is 1. The molecule has 5 heteroatoms. The molecule has 1 amide bonds. The number of amides is 1. The van der Waals surface area contributed by atoms with E-state index in [0.29, 0.717) is 18.6 Å². The Morgan fingerprint density at radius 3 is 2.38 bits per heavy atom. The summed E-state index contributed by atoms with van der Waals surface area (Å²) in [5, 5.41) is 11.0. The fraction of sp³-hybridized carbons (Fsp3) is 0.458. The Morgan fingerprint density at radius 2 is 1.72 bits per heavy atom. The van der Waals surface area contributed by atoms with Gasteiger partial charge in [-0.2, -0.15) is 0 Å². The second-order valence-electron chi connectivity index (χ2n) is 8.25. The molecule has 0 spiro atoms. The van der Waals surface area contributed by atoms with Crippen LogP contribution in [0.2, 0.25) is 0 Å². The van der Waals surface area contributed by atoms with Gasteiger partial charge in [0.1, 0.15) is 5.75 Å². The van der Waals surface area contributed by atoms with Gasteiger partial charge in [0.25, 0.3) is 0 Å². The van der Waals surface area contributed by atoms with Crippen molar-refractivity contribution in [1.29, 1.82) is 0 Å². The predicted octanol–water partition coefficient (Wildman–Crippen LogP) is 3.85. The van der Waals surface area contributed by atoms with E-state index in [1.54, 1.807) is 11.9 Å². The zero-order valence-electron chi connectivity index (χ0n) is 17.7. The van der Waals surface area contributed by atoms with Gasteiger partial charge in [0, 0.05) is 26.7 Å². The number of hydrogen-bond acceptors (Lipinski definition) is 4. The van der Waals surface area contributed by atoms with Gasteiger partial charge in [-0.1, -0.05) is 42.5 Å². The molecule has 1 fully saturated rings. The highest BCUT2D eigenvalue weighted by atomic mass is 16.5. The second kappa shape index (κ2) is 9.42. The zero-order valence-corrected chi connectivity index (χ0v) is 17.7. The Balaban J connectivity index is 1.58. The lowest BCUT2D eigenvalue weighted by molar-refractivity contribution is -0.125. The zero-order chi connectivity index (χ0) is 20.9. The van der Waals surface area contributed by atoms with E-state index in [4.69, 9.17) is 4.74 Å². The lowest BCUT2D eigenvalue weighted by Gasteiger charge is -2.38. The van der Waals surface area contributed by atoms with Gasteiger partial charge in [0.2, 0.25) is 5.91 Å². The maximum Gasteiger partial charge on any atom is 0.229 e. The Kier molecular flexibility index (Phi) is 6.93. The molecular weight excluding hydrogens is 364 g/mol. The van der Waals surface area contributed by atoms with Gasteiger partial charge >= 0.3 is 0 Å². The van der Waals surface area contributed by atoms with Crippen molar-refractivity contribution >= 4 is 11.6 Å². The van der Waals surface area contributed by atoms with Crippen LogP contribution in [0, 0.1) is 0 Å². The third-order valence-corrected chi connectivity index (χ3v) is 5.48. The minimum absolute atomic E-state index is 0.0257. The van der Waals surface area contributed by atoms with Crippen molar-refractivity contribution in [2.24, 2.45) is 0 Å². The molecule has 2 aromatic carbocycles. The molecule has 5 nitrogen and oxygen atoms in total. The first-order valence-electron chi connectivity index (χ1n) is 10.4. The summed E-state index contributed by atoms with van der Waals surface area (Å²) in [6, 6.07) is 17.9. The number of carbonyl (C=O) groups excluding carboxylic acids is 1. The smallest absolute Gasteiger partial charge is 0.229 e. The van der Waals surface area contributed by atoms with Crippen molar-refractivity contribution in [3.05, 3.63) is 60.2 Å². The average molecular weight is 397 g/mol. The summed E-state index contributed by atoms with van der Waals surface area (Å²) in [5.74, 6) is 0.590. The number of hydrogen-bond donors (Lipinski definition) is 1. The lowest BCUT2D eigenvalue weighted by atomic mass is 9.87. The summed E-state index contributed by atoms with van der Waals surface area (Å²) in [6.45, 7) is 6.38. The van der Waals surface area contributed by atoms with E-state index in [9.17, 15) is 9.90 Å². The molecule has 0 atom stereocenters. The maximum absolute atomic E-state index is 12.9. The van der Waals surface area contributed by atoms with E-state index >= 15 is 0 Å². The van der Waals surface area contributed by atoms with Crippen molar-refractivity contribution in [3.8, 4) is 5.75 Å². The van der Waals surface area contributed by atoms with E-state index in [-0.39, 0.29) is 18.4 Å². The third kappa shape index (κ3) is 5.81. The van der Waals surface area contributed by atoms with Gasteiger partial charge in [-0.3, -0.25) is 9.69 Å². The molecule has 156 valence electrons. The summed E-state index contributed by atoms with van der Waals surface area (Å²) in [5.41, 5.74) is 1.05. The largest absolute Gasteiger partial charge is 0.489 e. The van der Waals surface area contributed by atoms with Gasteiger partial charge < -0.3 is 14.7 Å². The number of anilines is 1. The van der Waals surface area contributed by atoms with Crippen LogP contribution in [0.3, 0.4) is 0 Å². The van der Waals surface area contributed by atoms with E-state index in [1.165, 1.54) is 5.56 Å². The van der Waals surface area contributed by atoms with E-state index in [2.05, 4.69) is 17.0 Å². The van der Waals surface area contributed by atoms with E-state index < -0.39 is 5.60 Å². The molecule has 0 aromatic heterocycles. The van der Waals surface area contributed by atoms with Crippen LogP contribution in [0.5, 0.6) is 5.75 Å². The molecule has 0 radical (unpaired) electrons. The summed E-state index contributed by atoms with van der Waals surface area (Å²) < 4.78 is 5.84. The topological polar surface area (TPSA) is 53.0 Å². The highest BCUT2D eigenvalue weighted by molar-refractivity contribution is 5.94. The highest BCUT2D eigenvalue weighted by Gasteiger charge is 2.35. The molecule has 2 aromatic rings. The normalized spacial score (nSPS) is 16.6. The van der Waals surface area contributed by atoms with Crippen LogP contribution in [0.4, 0.5) is 5.69 Å². The number of piperidine rings is 1. The van der Waals surface area contributed by atoms with Crippen LogP contribution in [0.1, 0.15) is 38.7 Å². The third-order valence-electron chi connectivity index (χ3n) is 5.48. The van der Waals surface area contributed by atoms with Gasteiger partial charge in [-0.05, 0) is 44.4 Å². The summed E-state index contributed by atoms with van der Waals surface area (Å²) in [4.78, 5) is 16.9. The maximum atomic E-state index is 12.9. The molecule has 0 saturated carbocycles. The van der Waals surface area contributed by atoms with Crippen LogP contribution in [-0.4, -0.2) is 47.8 Å². The molecule has 1 aliphatic rings. The van der Waals surface area contributed by atoms with Crippen LogP contribution >= 0.6 is 0 Å². The number of para-hydroxylation sites is 2. The highest BCUT2D eigenvalue weighted by Crippen LogP contribution is 2.31. The van der Waals surface area contributed by atoms with Crippen LogP contribution in [0.25, 0.3) is 0 Å². The quantitative estimate of drug-likeness (QED) is 0.772. The number of aliphatic hydroxyl groups is 1. The number of rotatable bonds is 7. The van der Waals surface area contributed by atoms with Crippen LogP contribution in [-0.2, 0) is 11.3 Å². The molecule has 29 heavy (non-hydrogen) atoms. The SMILES string of the molecule is CC(C)Oc1ccccc1N(C)C(=O)CC1(O)CCN(Cc2ccccc2)CC1. The summed E-state index contributed by atoms with van der Waals surface area (Å²) in [6.07, 6.45) is 1.35. The fourth-order valence-electron chi connectivity index (χ4n) is 3.77. The molecule has 0 bridgehead atoms. The average Bonchev–Trinajstić information content (AvgIpc) is 2.70. The first-order valence-corrected chi connectivity index (χ1v) is 10.4. The first-order chi connectivity index (χ1) is 13.9. The van der Waals surface area contributed by atoms with Crippen molar-refractivity contribution in [1.82, 2.24) is 4.90 Å². The lowest BCUT2D eigenvalue weighted by Crippen LogP contribution is -2.47. The number of likely N-dealkylation sites (tertiary alicyclic amines) is 1. The number of nitrogens with zero attached hydrogens (tertiary/aromatic N) is 2. The standard InChI is InChI=1S/C24H32N2O3/c1-19(2)29-22-12-8-7-11-21(22)25(3)23(27)17-24(28)13-15-26(16-14-24)18-20-9-5-4-6-10-20/h4-12,19,28H,13-18H2,1-3H3. The minimum atomic E-state index is -0.952. The molecule has 0 aliphatic carbocycles. The molecule has 3 rings (SSSR count). The van der Waals surface area contributed by atoms with Crippen molar-refractivity contribution in [2.45, 2.75) is 51.4 Å². The molecule has 0 unspecified atom stereocenters. The number of benzene rings is 2. The Hall–Kier alpha value is -2.37. The van der Waals surface area contributed by atoms with Gasteiger partial charge in [0.15, 0.2) is 0 Å². The van der Waals surface area contributed by atoms with Crippen LogP contribution < -0.4 is 9.64 Å². The first kappa shape index (κ1) is 21.3. The molecule has 1 heterocycles. The van der Waals surface area contributed by atoms with Crippen LogP contribution in [0.15, 0.2) is 54.6 Å². The summed E-state index contributed by atoms with van der Waals surface area (Å²) >= 11 is 0. The predicted molar refractivity (Wildman–Crippen MR) is 116 cm³/mol. The van der Waals surface area contributed by atoms with Crippen molar-refractivity contribution < 1.29 is 14.6 Å². The fourth-order valence-corrected chi connectivity index (χ4v) is 3.77. The monoisotopic (exact) mass is 396 g/mol. The Morgan fingerprint density at radius 1 is 1.10 bits per heavy atom. The number of ether oxygens (including phenoxy) is 1. The van der Waals surface area contributed by atoms with Crippen molar-refractivity contribution in [2.75, 3.05) is 25.0 Å². The van der Waals surface area contributed by atoms with Crippen molar-refractivity contribution in [3.63, 3.8) is 0 Å². The Labute approximate surface area is 173 Å². The molecular formula is C24H32N2O3. The van der Waals surface area contributed by atoms with Gasteiger partial charge in [-0.25, -0.2) is 0 Å². The van der Waals surface area contributed by atoms with E-state index in [1.807, 2.05) is 56.3 Å². The van der Waals surface area contributed by atoms with Gasteiger partial charge in [-0.15, -0.1) is 0 Å². The second-order valence-corrected chi connectivity index (χ2v) is 8.25. The molecule has 1 N–H and O–H groups in total. The minimum Gasteiger partial charge on any atom is -0.489 e. The summed E-state index contributed by atoms with van der Waals surface area (Å²) in [7, 11) is 1.75. The molecule has 1 aliphatic heterocycles. The van der Waals surface area contributed by atoms with Gasteiger partial charge in [0.05, 0.1) is 23.8 Å². The van der Waals surface area contributed by atoms with E-state index in [0.717, 1.165) is 25.3 Å².